The molecule has 0 N–H and O–H groups in total. The van der Waals surface area contributed by atoms with Crippen molar-refractivity contribution >= 4 is 5.78 Å². The molecule has 0 saturated heterocycles. The second kappa shape index (κ2) is 43.4. The molecule has 0 aliphatic carbocycles. The van der Waals surface area contributed by atoms with Crippen molar-refractivity contribution in [2.75, 3.05) is 20.6 Å². The summed E-state index contributed by atoms with van der Waals surface area (Å²) in [5, 5.41) is 0. The van der Waals surface area contributed by atoms with E-state index in [-0.39, 0.29) is 14.9 Å². The van der Waals surface area contributed by atoms with E-state index in [0.29, 0.717) is 11.7 Å². The van der Waals surface area contributed by atoms with Crippen LogP contribution in [0.15, 0.2) is 60.8 Å². The Morgan fingerprint density at radius 1 is 0.500 bits per heavy atom. The maximum Gasteiger partial charge on any atom is 0.133 e. The highest BCUT2D eigenvalue weighted by atomic mass is 16.1. The molecule has 0 aromatic rings. The Labute approximate surface area is 304 Å². The van der Waals surface area contributed by atoms with Crippen LogP contribution in [0.2, 0.25) is 0 Å². The van der Waals surface area contributed by atoms with Gasteiger partial charge in [-0.1, -0.05) is 179 Å². The van der Waals surface area contributed by atoms with Gasteiger partial charge in [-0.2, -0.15) is 0 Å². The van der Waals surface area contributed by atoms with Crippen molar-refractivity contribution in [1.29, 1.82) is 0 Å². The number of allylic oxidation sites excluding steroid dienone is 10. The highest BCUT2D eigenvalue weighted by Crippen LogP contribution is 2.23. The van der Waals surface area contributed by atoms with Gasteiger partial charge in [0.2, 0.25) is 0 Å². The summed E-state index contributed by atoms with van der Waals surface area (Å²) in [6, 6.07) is 0. The number of hydrogen-bond acceptors (Lipinski definition) is 2. The lowest BCUT2D eigenvalue weighted by molar-refractivity contribution is -0.120. The van der Waals surface area contributed by atoms with Gasteiger partial charge in [-0.05, 0) is 97.2 Å². The molecule has 0 fully saturated rings. The molecule has 0 bridgehead atoms. The van der Waals surface area contributed by atoms with Crippen LogP contribution in [0, 0.1) is 5.92 Å². The quantitative estimate of drug-likeness (QED) is 0.0494. The van der Waals surface area contributed by atoms with Crippen LogP contribution < -0.4 is 0 Å². The van der Waals surface area contributed by atoms with E-state index in [4.69, 9.17) is 0 Å². The lowest BCUT2D eigenvalue weighted by Crippen LogP contribution is -2.15. The fourth-order valence-electron chi connectivity index (χ4n) is 6.02. The molecule has 0 rings (SSSR count). The molecule has 0 heterocycles. The largest absolute Gasteiger partial charge is 0.309 e. The van der Waals surface area contributed by atoms with Gasteiger partial charge in [0, 0.05) is 12.8 Å². The highest BCUT2D eigenvalue weighted by molar-refractivity contribution is 5.78. The van der Waals surface area contributed by atoms with Crippen molar-refractivity contribution in [2.45, 2.75) is 202 Å². The molecule has 0 amide bonds. The van der Waals surface area contributed by atoms with E-state index in [9.17, 15) is 4.79 Å². The first-order chi connectivity index (χ1) is 22.6. The predicted octanol–water partition coefficient (Wildman–Crippen LogP) is 15.4. The summed E-state index contributed by atoms with van der Waals surface area (Å²) < 4.78 is 0. The number of ketones is 1. The van der Waals surface area contributed by atoms with E-state index in [1.807, 2.05) is 0 Å². The van der Waals surface area contributed by atoms with E-state index < -0.39 is 0 Å². The van der Waals surface area contributed by atoms with Crippen molar-refractivity contribution < 1.29 is 4.79 Å². The highest BCUT2D eigenvalue weighted by Gasteiger charge is 2.14. The maximum absolute atomic E-state index is 12.7. The van der Waals surface area contributed by atoms with Gasteiger partial charge < -0.3 is 4.90 Å². The molecule has 2 nitrogen and oxygen atoms in total. The predicted molar refractivity (Wildman–Crippen MR) is 222 cm³/mol. The molecule has 0 aliphatic rings. The van der Waals surface area contributed by atoms with E-state index in [1.54, 1.807) is 0 Å². The smallest absolute Gasteiger partial charge is 0.133 e. The van der Waals surface area contributed by atoms with Crippen LogP contribution >= 0.6 is 0 Å². The first kappa shape index (κ1) is 50.7. The molecule has 48 heavy (non-hydrogen) atoms. The van der Waals surface area contributed by atoms with Crippen LogP contribution in [0.1, 0.15) is 202 Å². The second-order valence-corrected chi connectivity index (χ2v) is 13.9. The van der Waals surface area contributed by atoms with Crippen LogP contribution in [0.3, 0.4) is 0 Å². The van der Waals surface area contributed by atoms with Crippen molar-refractivity contribution in [2.24, 2.45) is 5.92 Å². The van der Waals surface area contributed by atoms with E-state index >= 15 is 0 Å². The van der Waals surface area contributed by atoms with Gasteiger partial charge in [0.05, 0.1) is 0 Å². The summed E-state index contributed by atoms with van der Waals surface area (Å²) in [4.78, 5) is 14.9. The number of Topliss-reactive ketones (excluding diaryl/α,β-unsaturated/α-hetero) is 1. The average Bonchev–Trinajstić information content (AvgIpc) is 3.04. The minimum atomic E-state index is 0. The van der Waals surface area contributed by atoms with Crippen LogP contribution in [-0.4, -0.2) is 31.3 Å². The number of hydrogen-bond donors (Lipinski definition) is 0. The number of carbonyl (C=O) groups excluding carboxylic acids is 1. The zero-order valence-electron chi connectivity index (χ0n) is 31.5. The molecule has 0 aromatic heterocycles. The van der Waals surface area contributed by atoms with Crippen molar-refractivity contribution in [3.63, 3.8) is 0 Å². The lowest BCUT2D eigenvalue weighted by Gasteiger charge is -2.17. The summed E-state index contributed by atoms with van der Waals surface area (Å²) in [5.41, 5.74) is 0. The normalized spacial score (nSPS) is 12.7. The summed E-state index contributed by atoms with van der Waals surface area (Å²) in [7, 11) is 4.20. The average molecular weight is 670 g/mol. The number of carbonyl (C=O) groups is 1. The topological polar surface area (TPSA) is 20.3 Å². The molecule has 0 spiro atoms. The SMILES string of the molecule is C.C.CC/C=C\C/C=C\C/C=C\CCCCCCCCC(CCCCCCCC/C=C\C/C=C\CCCCC)CC(=O)CCCN(C)C. The summed E-state index contributed by atoms with van der Waals surface area (Å²) in [6.45, 7) is 5.46. The molecule has 0 saturated carbocycles. The zero-order chi connectivity index (χ0) is 33.6. The minimum Gasteiger partial charge on any atom is -0.309 e. The lowest BCUT2D eigenvalue weighted by atomic mass is 9.89. The minimum absolute atomic E-state index is 0. The molecule has 1 atom stereocenters. The maximum atomic E-state index is 12.7. The Morgan fingerprint density at radius 3 is 1.33 bits per heavy atom. The summed E-state index contributed by atoms with van der Waals surface area (Å²) in [5.74, 6) is 1.11. The van der Waals surface area contributed by atoms with Crippen LogP contribution in [0.4, 0.5) is 0 Å². The molecule has 1 unspecified atom stereocenters. The van der Waals surface area contributed by atoms with Gasteiger partial charge in [-0.25, -0.2) is 0 Å². The fraction of sp³-hybridized carbons (Fsp3) is 0.761. The van der Waals surface area contributed by atoms with E-state index in [1.165, 1.54) is 128 Å². The molecule has 0 aromatic carbocycles. The summed E-state index contributed by atoms with van der Waals surface area (Å²) in [6.07, 6.45) is 56.3. The zero-order valence-corrected chi connectivity index (χ0v) is 31.5. The molecular weight excluding hydrogens is 583 g/mol. The van der Waals surface area contributed by atoms with Crippen LogP contribution in [-0.2, 0) is 4.79 Å². The van der Waals surface area contributed by atoms with Gasteiger partial charge in [0.1, 0.15) is 5.78 Å². The van der Waals surface area contributed by atoms with Gasteiger partial charge in [-0.15, -0.1) is 0 Å². The Bertz CT molecular complexity index is 771. The summed E-state index contributed by atoms with van der Waals surface area (Å²) >= 11 is 0. The van der Waals surface area contributed by atoms with Gasteiger partial charge in [0.25, 0.3) is 0 Å². The first-order valence-corrected chi connectivity index (χ1v) is 20.0. The Morgan fingerprint density at radius 2 is 0.896 bits per heavy atom. The third-order valence-electron chi connectivity index (χ3n) is 8.90. The second-order valence-electron chi connectivity index (χ2n) is 13.9. The number of unbranched alkanes of at least 4 members (excludes halogenated alkanes) is 15. The fourth-order valence-corrected chi connectivity index (χ4v) is 6.02. The van der Waals surface area contributed by atoms with E-state index in [0.717, 1.165) is 51.5 Å². The van der Waals surface area contributed by atoms with Gasteiger partial charge >= 0.3 is 0 Å². The molecule has 0 aliphatic heterocycles. The molecule has 0 radical (unpaired) electrons. The van der Waals surface area contributed by atoms with Crippen molar-refractivity contribution in [1.82, 2.24) is 4.90 Å². The van der Waals surface area contributed by atoms with E-state index in [2.05, 4.69) is 93.6 Å². The molecule has 2 heteroatoms. The Hall–Kier alpha value is -1.67. The number of nitrogens with zero attached hydrogens (tertiary/aromatic N) is 1. The van der Waals surface area contributed by atoms with Crippen LogP contribution in [0.5, 0.6) is 0 Å². The third kappa shape index (κ3) is 42.4. The first-order valence-electron chi connectivity index (χ1n) is 20.0. The standard InChI is InChI=1S/C44H79NO.2CH4/c1-5-7-9-11-13-15-17-19-21-23-25-27-29-31-33-35-38-43(42-44(46)40-37-41-45(3)4)39-36-34-32-30-28-26-24-22-20-18-16-14-12-10-8-6-2;;/h7,9,13-16,19-22,43H,5-6,8,10-12,17-18,23-42H2,1-4H3;2*1H4/b9-7-,15-13-,16-14-,21-19-,22-20-;;. The van der Waals surface area contributed by atoms with Gasteiger partial charge in [0.15, 0.2) is 0 Å². The van der Waals surface area contributed by atoms with Crippen molar-refractivity contribution in [3.05, 3.63) is 60.8 Å². The van der Waals surface area contributed by atoms with Gasteiger partial charge in [-0.3, -0.25) is 4.79 Å². The Kier molecular flexibility index (Phi) is 45.8. The molecule has 282 valence electrons. The Balaban J connectivity index is -0.0000101. The van der Waals surface area contributed by atoms with Crippen LogP contribution in [0.25, 0.3) is 0 Å². The number of rotatable bonds is 35. The monoisotopic (exact) mass is 670 g/mol. The third-order valence-corrected chi connectivity index (χ3v) is 8.90. The van der Waals surface area contributed by atoms with Crippen molar-refractivity contribution in [3.8, 4) is 0 Å². The molecular formula is C46H87NO.